The second-order valence-corrected chi connectivity index (χ2v) is 4.88. The van der Waals surface area contributed by atoms with Gasteiger partial charge in [-0.05, 0) is 31.1 Å². The Labute approximate surface area is 73.9 Å². The molecule has 1 saturated carbocycles. The highest BCUT2D eigenvalue weighted by Crippen LogP contribution is 2.63. The molecule has 0 aromatic carbocycles. The predicted octanol–water partition coefficient (Wildman–Crippen LogP) is 1.57. The number of rotatable bonds is 2. The van der Waals surface area contributed by atoms with Crippen molar-refractivity contribution in [1.29, 1.82) is 0 Å². The van der Waals surface area contributed by atoms with Crippen LogP contribution in [0.15, 0.2) is 0 Å². The molecule has 70 valence electrons. The first-order valence-electron chi connectivity index (χ1n) is 4.81. The fourth-order valence-corrected chi connectivity index (χ4v) is 2.69. The smallest absolute Gasteiger partial charge is 0.0973 e. The summed E-state index contributed by atoms with van der Waals surface area (Å²) in [4.78, 5) is 0. The monoisotopic (exact) mass is 170 g/mol. The zero-order valence-corrected chi connectivity index (χ0v) is 8.13. The zero-order chi connectivity index (χ0) is 8.98. The number of hydrogen-bond acceptors (Lipinski definition) is 2. The highest BCUT2D eigenvalue weighted by atomic mass is 16.6. The molecule has 1 aliphatic heterocycles. The summed E-state index contributed by atoms with van der Waals surface area (Å²) in [5, 5.41) is 8.90. The van der Waals surface area contributed by atoms with Gasteiger partial charge in [-0.3, -0.25) is 0 Å². The molecular formula is C10H18O2. The maximum atomic E-state index is 8.90. The highest BCUT2D eigenvalue weighted by Gasteiger charge is 2.69. The van der Waals surface area contributed by atoms with Crippen molar-refractivity contribution in [1.82, 2.24) is 0 Å². The fourth-order valence-electron chi connectivity index (χ4n) is 2.69. The van der Waals surface area contributed by atoms with Gasteiger partial charge in [0.15, 0.2) is 0 Å². The summed E-state index contributed by atoms with van der Waals surface area (Å²) in [7, 11) is 0. The maximum absolute atomic E-state index is 8.90. The molecule has 0 radical (unpaired) electrons. The topological polar surface area (TPSA) is 32.8 Å². The largest absolute Gasteiger partial charge is 0.396 e. The second kappa shape index (κ2) is 2.24. The van der Waals surface area contributed by atoms with Crippen LogP contribution >= 0.6 is 0 Å². The summed E-state index contributed by atoms with van der Waals surface area (Å²) in [6.45, 7) is 7.05. The molecule has 2 fully saturated rings. The number of aliphatic hydroxyl groups excluding tert-OH is 1. The first kappa shape index (κ1) is 8.52. The summed E-state index contributed by atoms with van der Waals surface area (Å²) < 4.78 is 5.65. The van der Waals surface area contributed by atoms with E-state index in [-0.39, 0.29) is 11.0 Å². The molecule has 0 aromatic rings. The van der Waals surface area contributed by atoms with Crippen molar-refractivity contribution in [2.75, 3.05) is 6.61 Å². The van der Waals surface area contributed by atoms with Gasteiger partial charge in [0, 0.05) is 6.61 Å². The van der Waals surface area contributed by atoms with Crippen LogP contribution in [-0.4, -0.2) is 23.4 Å². The lowest BCUT2D eigenvalue weighted by Gasteiger charge is -2.33. The number of epoxide rings is 1. The lowest BCUT2D eigenvalue weighted by Crippen LogP contribution is -2.33. The van der Waals surface area contributed by atoms with Crippen molar-refractivity contribution in [2.24, 2.45) is 11.3 Å². The molecule has 1 N–H and O–H groups in total. The van der Waals surface area contributed by atoms with E-state index in [1.807, 2.05) is 0 Å². The van der Waals surface area contributed by atoms with E-state index in [4.69, 9.17) is 9.84 Å². The van der Waals surface area contributed by atoms with E-state index in [1.165, 1.54) is 0 Å². The Balaban J connectivity index is 2.12. The summed E-state index contributed by atoms with van der Waals surface area (Å²) in [5.74, 6) is 0.645. The normalized spacial score (nSPS) is 49.0. The van der Waals surface area contributed by atoms with Gasteiger partial charge in [0.2, 0.25) is 0 Å². The maximum Gasteiger partial charge on any atom is 0.0973 e. The number of hydrogen-bond donors (Lipinski definition) is 1. The van der Waals surface area contributed by atoms with Gasteiger partial charge in [0.05, 0.1) is 11.7 Å². The van der Waals surface area contributed by atoms with Gasteiger partial charge in [-0.25, -0.2) is 0 Å². The van der Waals surface area contributed by atoms with Gasteiger partial charge < -0.3 is 9.84 Å². The van der Waals surface area contributed by atoms with E-state index in [2.05, 4.69) is 20.8 Å². The third kappa shape index (κ3) is 0.826. The van der Waals surface area contributed by atoms with E-state index in [9.17, 15) is 0 Å². The van der Waals surface area contributed by atoms with Gasteiger partial charge in [0.1, 0.15) is 0 Å². The molecular weight excluding hydrogens is 152 g/mol. The van der Waals surface area contributed by atoms with Crippen LogP contribution in [-0.2, 0) is 4.74 Å². The SMILES string of the molecule is CC1(C)C(CCO)CC2OC21C. The zero-order valence-electron chi connectivity index (χ0n) is 8.13. The first-order chi connectivity index (χ1) is 5.52. The van der Waals surface area contributed by atoms with E-state index < -0.39 is 0 Å². The summed E-state index contributed by atoms with van der Waals surface area (Å²) in [5.41, 5.74) is 0.368. The Hall–Kier alpha value is -0.0800. The van der Waals surface area contributed by atoms with Crippen LogP contribution in [0.25, 0.3) is 0 Å². The van der Waals surface area contributed by atoms with Gasteiger partial charge in [-0.2, -0.15) is 0 Å². The minimum absolute atomic E-state index is 0.118. The molecule has 1 heterocycles. The third-order valence-electron chi connectivity index (χ3n) is 4.22. The van der Waals surface area contributed by atoms with Gasteiger partial charge in [-0.1, -0.05) is 13.8 Å². The van der Waals surface area contributed by atoms with E-state index in [1.54, 1.807) is 0 Å². The lowest BCUT2D eigenvalue weighted by atomic mass is 9.74. The second-order valence-electron chi connectivity index (χ2n) is 4.88. The number of ether oxygens (including phenoxy) is 1. The van der Waals surface area contributed by atoms with Crippen LogP contribution in [0, 0.1) is 11.3 Å². The molecule has 12 heavy (non-hydrogen) atoms. The molecule has 0 aromatic heterocycles. The molecule has 2 nitrogen and oxygen atoms in total. The molecule has 1 aliphatic carbocycles. The van der Waals surface area contributed by atoms with E-state index >= 15 is 0 Å². The fraction of sp³-hybridized carbons (Fsp3) is 1.00. The van der Waals surface area contributed by atoms with Crippen molar-refractivity contribution in [3.8, 4) is 0 Å². The minimum Gasteiger partial charge on any atom is -0.396 e. The molecule has 2 heteroatoms. The molecule has 2 rings (SSSR count). The summed E-state index contributed by atoms with van der Waals surface area (Å²) in [6, 6.07) is 0. The average Bonchev–Trinajstić information content (AvgIpc) is 2.58. The Bertz CT molecular complexity index is 200. The van der Waals surface area contributed by atoms with E-state index in [0.29, 0.717) is 18.6 Å². The van der Waals surface area contributed by atoms with Crippen molar-refractivity contribution < 1.29 is 9.84 Å². The Morgan fingerprint density at radius 2 is 2.08 bits per heavy atom. The summed E-state index contributed by atoms with van der Waals surface area (Å²) >= 11 is 0. The van der Waals surface area contributed by atoms with Crippen molar-refractivity contribution >= 4 is 0 Å². The average molecular weight is 170 g/mol. The van der Waals surface area contributed by atoms with Crippen LogP contribution in [0.3, 0.4) is 0 Å². The van der Waals surface area contributed by atoms with Gasteiger partial charge >= 0.3 is 0 Å². The number of aliphatic hydroxyl groups is 1. The van der Waals surface area contributed by atoms with Crippen molar-refractivity contribution in [3.05, 3.63) is 0 Å². The third-order valence-corrected chi connectivity index (χ3v) is 4.22. The Morgan fingerprint density at radius 3 is 2.50 bits per heavy atom. The predicted molar refractivity (Wildman–Crippen MR) is 46.9 cm³/mol. The standard InChI is InChI=1S/C10H18O2/c1-9(2)7(4-5-11)6-8-10(9,3)12-8/h7-8,11H,4-6H2,1-3H3. The molecule has 0 spiro atoms. The van der Waals surface area contributed by atoms with Crippen LogP contribution in [0.1, 0.15) is 33.6 Å². The minimum atomic E-state index is 0.118. The van der Waals surface area contributed by atoms with Gasteiger partial charge in [-0.15, -0.1) is 0 Å². The van der Waals surface area contributed by atoms with Crippen LogP contribution in [0.5, 0.6) is 0 Å². The van der Waals surface area contributed by atoms with E-state index in [0.717, 1.165) is 12.8 Å². The Morgan fingerprint density at radius 1 is 1.42 bits per heavy atom. The molecule has 0 bridgehead atoms. The van der Waals surface area contributed by atoms with Crippen LogP contribution in [0.2, 0.25) is 0 Å². The summed E-state index contributed by atoms with van der Waals surface area (Å²) in [6.07, 6.45) is 2.55. The lowest BCUT2D eigenvalue weighted by molar-refractivity contribution is 0.0583. The quantitative estimate of drug-likeness (QED) is 0.638. The molecule has 1 saturated heterocycles. The molecule has 3 atom stereocenters. The highest BCUT2D eigenvalue weighted by molar-refractivity contribution is 5.17. The first-order valence-corrected chi connectivity index (χ1v) is 4.81. The van der Waals surface area contributed by atoms with Gasteiger partial charge in [0.25, 0.3) is 0 Å². The van der Waals surface area contributed by atoms with Crippen molar-refractivity contribution in [3.63, 3.8) is 0 Å². The number of fused-ring (bicyclic) bond motifs is 1. The van der Waals surface area contributed by atoms with Crippen LogP contribution in [0.4, 0.5) is 0 Å². The Kier molecular flexibility index (Phi) is 1.59. The molecule has 3 unspecified atom stereocenters. The molecule has 2 aliphatic rings. The molecule has 0 amide bonds. The van der Waals surface area contributed by atoms with Crippen LogP contribution < -0.4 is 0 Å². The van der Waals surface area contributed by atoms with Crippen molar-refractivity contribution in [2.45, 2.75) is 45.3 Å².